The summed E-state index contributed by atoms with van der Waals surface area (Å²) in [5, 5.41) is 2.82. The molecule has 2 nitrogen and oxygen atoms in total. The molecule has 0 bridgehead atoms. The van der Waals surface area contributed by atoms with Crippen LogP contribution in [0.2, 0.25) is 0 Å². The van der Waals surface area contributed by atoms with Gasteiger partial charge in [0.15, 0.2) is 0 Å². The monoisotopic (exact) mass is 289 g/mol. The van der Waals surface area contributed by atoms with Crippen molar-refractivity contribution in [3.8, 4) is 0 Å². The lowest BCUT2D eigenvalue weighted by molar-refractivity contribution is -0.118. The Bertz CT molecular complexity index is 281. The minimum absolute atomic E-state index is 0.0844. The first-order valence-electron chi connectivity index (χ1n) is 4.10. The largest absolute Gasteiger partial charge is 0.351 e. The molecule has 0 aromatic heterocycles. The van der Waals surface area contributed by atoms with Crippen LogP contribution in [-0.4, -0.2) is 10.3 Å². The van der Waals surface area contributed by atoms with E-state index >= 15 is 0 Å². The van der Waals surface area contributed by atoms with Crippen LogP contribution in [0.15, 0.2) is 24.3 Å². The third-order valence-electron chi connectivity index (χ3n) is 1.73. The van der Waals surface area contributed by atoms with Crippen molar-refractivity contribution in [2.24, 2.45) is 0 Å². The molecule has 0 aliphatic rings. The maximum Gasteiger partial charge on any atom is 0.230 e. The fourth-order valence-corrected chi connectivity index (χ4v) is 1.22. The summed E-state index contributed by atoms with van der Waals surface area (Å²) < 4.78 is 0.517. The highest BCUT2D eigenvalue weighted by molar-refractivity contribution is 14.1. The molecule has 70 valence electrons. The van der Waals surface area contributed by atoms with E-state index < -0.39 is 0 Å². The van der Waals surface area contributed by atoms with Gasteiger partial charge in [-0.15, -0.1) is 0 Å². The van der Waals surface area contributed by atoms with E-state index in [-0.39, 0.29) is 5.91 Å². The number of rotatable bonds is 3. The highest BCUT2D eigenvalue weighted by Gasteiger charge is 1.97. The second-order valence-electron chi connectivity index (χ2n) is 2.90. The molecule has 0 aliphatic heterocycles. The summed E-state index contributed by atoms with van der Waals surface area (Å²) in [4.78, 5) is 10.9. The number of amides is 1. The van der Waals surface area contributed by atoms with Crippen molar-refractivity contribution in [2.45, 2.75) is 13.5 Å². The van der Waals surface area contributed by atoms with Crippen LogP contribution < -0.4 is 5.32 Å². The number of carbonyl (C=O) groups excluding carboxylic acids is 1. The van der Waals surface area contributed by atoms with Gasteiger partial charge in [0.05, 0.1) is 4.43 Å². The van der Waals surface area contributed by atoms with Gasteiger partial charge in [-0.1, -0.05) is 52.4 Å². The Morgan fingerprint density at radius 1 is 1.38 bits per heavy atom. The van der Waals surface area contributed by atoms with Crippen LogP contribution in [0.4, 0.5) is 0 Å². The molecule has 1 N–H and O–H groups in total. The third-order valence-corrected chi connectivity index (χ3v) is 2.42. The van der Waals surface area contributed by atoms with Gasteiger partial charge >= 0.3 is 0 Å². The van der Waals surface area contributed by atoms with E-state index in [2.05, 4.69) is 5.32 Å². The van der Waals surface area contributed by atoms with Crippen molar-refractivity contribution < 1.29 is 4.79 Å². The van der Waals surface area contributed by atoms with Crippen molar-refractivity contribution in [1.82, 2.24) is 5.32 Å². The van der Waals surface area contributed by atoms with Crippen molar-refractivity contribution in [3.05, 3.63) is 35.4 Å². The first-order chi connectivity index (χ1) is 6.22. The zero-order chi connectivity index (χ0) is 9.68. The highest BCUT2D eigenvalue weighted by atomic mass is 127. The summed E-state index contributed by atoms with van der Waals surface area (Å²) in [6.45, 7) is 2.68. The van der Waals surface area contributed by atoms with E-state index in [1.165, 1.54) is 5.56 Å². The maximum atomic E-state index is 10.9. The molecule has 0 spiro atoms. The SMILES string of the molecule is Cc1ccc(CNC(=O)CI)cc1. The van der Waals surface area contributed by atoms with Crippen LogP contribution in [0.5, 0.6) is 0 Å². The van der Waals surface area contributed by atoms with Gasteiger partial charge in [-0.05, 0) is 12.5 Å². The van der Waals surface area contributed by atoms with Gasteiger partial charge in [-0.3, -0.25) is 4.79 Å². The fourth-order valence-electron chi connectivity index (χ4n) is 0.954. The molecule has 3 heteroatoms. The summed E-state index contributed by atoms with van der Waals surface area (Å²) >= 11 is 2.05. The number of aryl methyl sites for hydroxylation is 1. The summed E-state index contributed by atoms with van der Waals surface area (Å²) in [5.41, 5.74) is 2.38. The summed E-state index contributed by atoms with van der Waals surface area (Å²) in [5.74, 6) is 0.0844. The predicted molar refractivity (Wildman–Crippen MR) is 61.9 cm³/mol. The van der Waals surface area contributed by atoms with Crippen molar-refractivity contribution in [3.63, 3.8) is 0 Å². The topological polar surface area (TPSA) is 29.1 Å². The molecule has 1 aromatic carbocycles. The average molecular weight is 289 g/mol. The van der Waals surface area contributed by atoms with Gasteiger partial charge in [0.1, 0.15) is 0 Å². The average Bonchev–Trinajstić information content (AvgIpc) is 2.16. The highest BCUT2D eigenvalue weighted by Crippen LogP contribution is 2.02. The van der Waals surface area contributed by atoms with Gasteiger partial charge in [0.25, 0.3) is 0 Å². The van der Waals surface area contributed by atoms with Crippen LogP contribution in [-0.2, 0) is 11.3 Å². The number of hydrogen-bond donors (Lipinski definition) is 1. The molecular weight excluding hydrogens is 277 g/mol. The van der Waals surface area contributed by atoms with E-state index in [9.17, 15) is 4.79 Å². The third kappa shape index (κ3) is 3.76. The Balaban J connectivity index is 2.46. The Kier molecular flexibility index (Phi) is 4.21. The molecule has 1 aromatic rings. The van der Waals surface area contributed by atoms with Gasteiger partial charge < -0.3 is 5.32 Å². The molecule has 1 rings (SSSR count). The smallest absolute Gasteiger partial charge is 0.230 e. The molecular formula is C10H12INO. The lowest BCUT2D eigenvalue weighted by atomic mass is 10.1. The van der Waals surface area contributed by atoms with Gasteiger partial charge in [0.2, 0.25) is 5.91 Å². The van der Waals surface area contributed by atoms with Gasteiger partial charge in [-0.2, -0.15) is 0 Å². The minimum atomic E-state index is 0.0844. The molecule has 0 heterocycles. The molecule has 0 radical (unpaired) electrons. The second-order valence-corrected chi connectivity index (χ2v) is 3.66. The number of halogens is 1. The quantitative estimate of drug-likeness (QED) is 0.669. The van der Waals surface area contributed by atoms with Crippen LogP contribution in [0.3, 0.4) is 0 Å². The molecule has 0 unspecified atom stereocenters. The number of carbonyl (C=O) groups is 1. The van der Waals surface area contributed by atoms with E-state index in [0.29, 0.717) is 11.0 Å². The zero-order valence-electron chi connectivity index (χ0n) is 7.51. The number of alkyl halides is 1. The number of hydrogen-bond acceptors (Lipinski definition) is 1. The minimum Gasteiger partial charge on any atom is -0.351 e. The molecule has 13 heavy (non-hydrogen) atoms. The lowest BCUT2D eigenvalue weighted by Crippen LogP contribution is -2.23. The number of nitrogens with one attached hydrogen (secondary N) is 1. The van der Waals surface area contributed by atoms with E-state index in [0.717, 1.165) is 5.56 Å². The normalized spacial score (nSPS) is 9.69. The van der Waals surface area contributed by atoms with E-state index in [1.54, 1.807) is 0 Å². The van der Waals surface area contributed by atoms with Crippen LogP contribution in [0.25, 0.3) is 0 Å². The Morgan fingerprint density at radius 3 is 2.54 bits per heavy atom. The Morgan fingerprint density at radius 2 is 2.00 bits per heavy atom. The van der Waals surface area contributed by atoms with Crippen LogP contribution in [0, 0.1) is 6.92 Å². The zero-order valence-corrected chi connectivity index (χ0v) is 9.67. The molecule has 0 atom stereocenters. The second kappa shape index (κ2) is 5.21. The van der Waals surface area contributed by atoms with Gasteiger partial charge in [-0.25, -0.2) is 0 Å². The molecule has 0 saturated heterocycles. The van der Waals surface area contributed by atoms with Crippen LogP contribution >= 0.6 is 22.6 Å². The van der Waals surface area contributed by atoms with Crippen molar-refractivity contribution in [2.75, 3.05) is 4.43 Å². The number of benzene rings is 1. The Labute approximate surface area is 91.9 Å². The van der Waals surface area contributed by atoms with Gasteiger partial charge in [0, 0.05) is 6.54 Å². The van der Waals surface area contributed by atoms with Crippen LogP contribution in [0.1, 0.15) is 11.1 Å². The van der Waals surface area contributed by atoms with E-state index in [1.807, 2.05) is 53.8 Å². The first-order valence-corrected chi connectivity index (χ1v) is 5.63. The standard InChI is InChI=1S/C10H12INO/c1-8-2-4-9(5-3-8)7-12-10(13)6-11/h2-5H,6-7H2,1H3,(H,12,13). The fraction of sp³-hybridized carbons (Fsp3) is 0.300. The van der Waals surface area contributed by atoms with Crippen molar-refractivity contribution >= 4 is 28.5 Å². The lowest BCUT2D eigenvalue weighted by Gasteiger charge is -2.03. The summed E-state index contributed by atoms with van der Waals surface area (Å²) in [6, 6.07) is 8.16. The molecule has 0 aliphatic carbocycles. The maximum absolute atomic E-state index is 10.9. The van der Waals surface area contributed by atoms with Crippen molar-refractivity contribution in [1.29, 1.82) is 0 Å². The Hall–Kier alpha value is -0.580. The first kappa shape index (κ1) is 10.5. The molecule has 0 fully saturated rings. The summed E-state index contributed by atoms with van der Waals surface area (Å²) in [6.07, 6.45) is 0. The summed E-state index contributed by atoms with van der Waals surface area (Å²) in [7, 11) is 0. The molecule has 1 amide bonds. The predicted octanol–water partition coefficient (Wildman–Crippen LogP) is 2.05. The molecule has 0 saturated carbocycles. The van der Waals surface area contributed by atoms with E-state index in [4.69, 9.17) is 0 Å².